The predicted molar refractivity (Wildman–Crippen MR) is 79.5 cm³/mol. The summed E-state index contributed by atoms with van der Waals surface area (Å²) >= 11 is 12.3. The van der Waals surface area contributed by atoms with Crippen LogP contribution in [0.15, 0.2) is 18.2 Å². The van der Waals surface area contributed by atoms with Gasteiger partial charge in [-0.25, -0.2) is 0 Å². The summed E-state index contributed by atoms with van der Waals surface area (Å²) in [6.45, 7) is 4.48. The maximum absolute atomic E-state index is 6.22. The van der Waals surface area contributed by atoms with Crippen molar-refractivity contribution in [1.29, 1.82) is 0 Å². The Labute approximate surface area is 120 Å². The minimum atomic E-state index is 0.769. The van der Waals surface area contributed by atoms with Crippen molar-refractivity contribution in [1.82, 2.24) is 5.32 Å². The number of nitrogens with one attached hydrogen (secondary N) is 1. The van der Waals surface area contributed by atoms with Crippen LogP contribution >= 0.6 is 23.2 Å². The second-order valence-corrected chi connectivity index (χ2v) is 6.09. The van der Waals surface area contributed by atoms with Crippen LogP contribution in [-0.4, -0.2) is 13.1 Å². The summed E-state index contributed by atoms with van der Waals surface area (Å²) in [7, 11) is 0. The van der Waals surface area contributed by atoms with E-state index in [1.54, 1.807) is 0 Å². The highest BCUT2D eigenvalue weighted by Crippen LogP contribution is 2.38. The first-order valence-corrected chi connectivity index (χ1v) is 7.61. The van der Waals surface area contributed by atoms with Crippen molar-refractivity contribution in [3.05, 3.63) is 33.8 Å². The number of halogens is 2. The number of benzene rings is 1. The van der Waals surface area contributed by atoms with Crippen LogP contribution in [0.3, 0.4) is 0 Å². The van der Waals surface area contributed by atoms with E-state index in [0.29, 0.717) is 0 Å². The normalized spacial score (nSPS) is 22.8. The lowest BCUT2D eigenvalue weighted by molar-refractivity contribution is 0.171. The molecule has 0 aliphatic heterocycles. The highest BCUT2D eigenvalue weighted by Gasteiger charge is 2.30. The maximum Gasteiger partial charge on any atom is 0.0439 e. The van der Waals surface area contributed by atoms with Crippen LogP contribution in [0.25, 0.3) is 0 Å². The van der Waals surface area contributed by atoms with E-state index in [2.05, 4.69) is 12.2 Å². The van der Waals surface area contributed by atoms with Crippen LogP contribution < -0.4 is 5.32 Å². The minimum Gasteiger partial charge on any atom is -0.316 e. The predicted octanol–water partition coefficient (Wildman–Crippen LogP) is 4.56. The third-order valence-corrected chi connectivity index (χ3v) is 4.50. The molecule has 0 amide bonds. The zero-order valence-electron chi connectivity index (χ0n) is 10.9. The standard InChI is InChI=1S/C15H21Cl2N/c1-2-7-18-10-12-4-3-11(12)8-13-9-14(16)5-6-15(13)17/h5-6,9,11-12,18H,2-4,7-8,10H2,1H3. The van der Waals surface area contributed by atoms with E-state index in [1.807, 2.05) is 18.2 Å². The van der Waals surface area contributed by atoms with Gasteiger partial charge >= 0.3 is 0 Å². The zero-order valence-corrected chi connectivity index (χ0v) is 12.4. The first-order chi connectivity index (χ1) is 8.70. The molecule has 0 aromatic heterocycles. The van der Waals surface area contributed by atoms with E-state index < -0.39 is 0 Å². The molecule has 0 saturated heterocycles. The van der Waals surface area contributed by atoms with Gasteiger partial charge in [0.15, 0.2) is 0 Å². The van der Waals surface area contributed by atoms with Crippen molar-refractivity contribution in [2.45, 2.75) is 32.6 Å². The Morgan fingerprint density at radius 1 is 1.22 bits per heavy atom. The SMILES string of the molecule is CCCNCC1CCC1Cc1cc(Cl)ccc1Cl. The Hall–Kier alpha value is -0.240. The van der Waals surface area contributed by atoms with Gasteiger partial charge in [0, 0.05) is 10.0 Å². The van der Waals surface area contributed by atoms with Gasteiger partial charge in [-0.2, -0.15) is 0 Å². The van der Waals surface area contributed by atoms with Gasteiger partial charge in [0.1, 0.15) is 0 Å². The molecule has 0 heterocycles. The highest BCUT2D eigenvalue weighted by atomic mass is 35.5. The molecule has 1 aliphatic carbocycles. The Kier molecular flexibility index (Phi) is 5.35. The molecule has 18 heavy (non-hydrogen) atoms. The molecule has 1 N–H and O–H groups in total. The molecule has 1 aliphatic rings. The molecule has 2 unspecified atom stereocenters. The van der Waals surface area contributed by atoms with Gasteiger partial charge in [-0.05, 0) is 74.4 Å². The van der Waals surface area contributed by atoms with Gasteiger partial charge in [0.05, 0.1) is 0 Å². The Bertz CT molecular complexity index is 392. The van der Waals surface area contributed by atoms with Crippen molar-refractivity contribution in [3.8, 4) is 0 Å². The van der Waals surface area contributed by atoms with Gasteiger partial charge in [0.25, 0.3) is 0 Å². The van der Waals surface area contributed by atoms with E-state index in [0.717, 1.165) is 41.4 Å². The van der Waals surface area contributed by atoms with E-state index in [9.17, 15) is 0 Å². The van der Waals surface area contributed by atoms with Crippen LogP contribution in [0.5, 0.6) is 0 Å². The molecule has 1 saturated carbocycles. The summed E-state index contributed by atoms with van der Waals surface area (Å²) in [5, 5.41) is 5.16. The Morgan fingerprint density at radius 2 is 2.00 bits per heavy atom. The topological polar surface area (TPSA) is 12.0 Å². The van der Waals surface area contributed by atoms with Crippen LogP contribution in [0, 0.1) is 11.8 Å². The molecular formula is C15H21Cl2N. The molecule has 3 heteroatoms. The average Bonchev–Trinajstić information content (AvgIpc) is 2.34. The molecular weight excluding hydrogens is 265 g/mol. The van der Waals surface area contributed by atoms with Crippen molar-refractivity contribution < 1.29 is 0 Å². The number of hydrogen-bond acceptors (Lipinski definition) is 1. The van der Waals surface area contributed by atoms with Gasteiger partial charge in [-0.3, -0.25) is 0 Å². The number of hydrogen-bond donors (Lipinski definition) is 1. The summed E-state index contributed by atoms with van der Waals surface area (Å²) in [6, 6.07) is 5.77. The second kappa shape index (κ2) is 6.79. The van der Waals surface area contributed by atoms with Gasteiger partial charge < -0.3 is 5.32 Å². The minimum absolute atomic E-state index is 0.769. The second-order valence-electron chi connectivity index (χ2n) is 5.24. The molecule has 2 rings (SSSR count). The van der Waals surface area contributed by atoms with Gasteiger partial charge in [-0.15, -0.1) is 0 Å². The molecule has 0 radical (unpaired) electrons. The fourth-order valence-electron chi connectivity index (χ4n) is 2.62. The lowest BCUT2D eigenvalue weighted by Crippen LogP contribution is -2.36. The average molecular weight is 286 g/mol. The molecule has 1 nitrogen and oxygen atoms in total. The molecule has 1 aromatic carbocycles. The summed E-state index contributed by atoms with van der Waals surface area (Å²) < 4.78 is 0. The summed E-state index contributed by atoms with van der Waals surface area (Å²) in [5.74, 6) is 1.58. The number of rotatable bonds is 6. The molecule has 100 valence electrons. The smallest absolute Gasteiger partial charge is 0.0439 e. The fraction of sp³-hybridized carbons (Fsp3) is 0.600. The first-order valence-electron chi connectivity index (χ1n) is 6.85. The highest BCUT2D eigenvalue weighted by molar-refractivity contribution is 6.33. The Morgan fingerprint density at radius 3 is 2.67 bits per heavy atom. The molecule has 1 aromatic rings. The van der Waals surface area contributed by atoms with E-state index in [1.165, 1.54) is 24.8 Å². The Balaban J connectivity index is 1.87. The third kappa shape index (κ3) is 3.63. The third-order valence-electron chi connectivity index (χ3n) is 3.90. The van der Waals surface area contributed by atoms with Crippen LogP contribution in [0.2, 0.25) is 10.0 Å². The fourth-order valence-corrected chi connectivity index (χ4v) is 3.01. The summed E-state index contributed by atoms with van der Waals surface area (Å²) in [5.41, 5.74) is 1.20. The lowest BCUT2D eigenvalue weighted by Gasteiger charge is -2.37. The van der Waals surface area contributed by atoms with Crippen molar-refractivity contribution in [2.75, 3.05) is 13.1 Å². The monoisotopic (exact) mass is 285 g/mol. The van der Waals surface area contributed by atoms with E-state index >= 15 is 0 Å². The van der Waals surface area contributed by atoms with E-state index in [4.69, 9.17) is 23.2 Å². The van der Waals surface area contributed by atoms with Crippen LogP contribution in [0.4, 0.5) is 0 Å². The molecule has 0 bridgehead atoms. The lowest BCUT2D eigenvalue weighted by atomic mass is 9.70. The summed E-state index contributed by atoms with van der Waals surface area (Å²) in [4.78, 5) is 0. The van der Waals surface area contributed by atoms with Crippen molar-refractivity contribution in [3.63, 3.8) is 0 Å². The van der Waals surface area contributed by atoms with Gasteiger partial charge in [0.2, 0.25) is 0 Å². The summed E-state index contributed by atoms with van der Waals surface area (Å²) in [6.07, 6.45) is 4.94. The van der Waals surface area contributed by atoms with Crippen molar-refractivity contribution >= 4 is 23.2 Å². The zero-order chi connectivity index (χ0) is 13.0. The molecule has 2 atom stereocenters. The maximum atomic E-state index is 6.22. The van der Waals surface area contributed by atoms with Crippen molar-refractivity contribution in [2.24, 2.45) is 11.8 Å². The molecule has 0 spiro atoms. The first kappa shape index (κ1) is 14.2. The van der Waals surface area contributed by atoms with Crippen LogP contribution in [0.1, 0.15) is 31.7 Å². The van der Waals surface area contributed by atoms with Crippen LogP contribution in [-0.2, 0) is 6.42 Å². The van der Waals surface area contributed by atoms with E-state index in [-0.39, 0.29) is 0 Å². The quantitative estimate of drug-likeness (QED) is 0.756. The largest absolute Gasteiger partial charge is 0.316 e. The van der Waals surface area contributed by atoms with Gasteiger partial charge in [-0.1, -0.05) is 30.1 Å². The molecule has 1 fully saturated rings.